The normalized spacial score (nSPS) is 20.4. The first-order valence-corrected chi connectivity index (χ1v) is 8.94. The summed E-state index contributed by atoms with van der Waals surface area (Å²) in [5, 5.41) is 5.60. The Bertz CT molecular complexity index is 675. The molecule has 0 bridgehead atoms. The van der Waals surface area contributed by atoms with E-state index in [9.17, 15) is 4.79 Å². The first-order chi connectivity index (χ1) is 11.2. The minimum absolute atomic E-state index is 0.0102. The number of anilines is 1. The van der Waals surface area contributed by atoms with E-state index in [2.05, 4.69) is 22.8 Å². The number of amides is 1. The number of nitrogens with one attached hydrogen (secondary N) is 2. The van der Waals surface area contributed by atoms with E-state index in [4.69, 9.17) is 16.3 Å². The Morgan fingerprint density at radius 1 is 1.48 bits per heavy atom. The van der Waals surface area contributed by atoms with Gasteiger partial charge in [-0.3, -0.25) is 4.79 Å². The molecule has 2 heterocycles. The molecule has 6 heteroatoms. The van der Waals surface area contributed by atoms with Gasteiger partial charge >= 0.3 is 0 Å². The summed E-state index contributed by atoms with van der Waals surface area (Å²) in [5.41, 5.74) is 0.622. The van der Waals surface area contributed by atoms with Gasteiger partial charge in [-0.15, -0.1) is 11.3 Å². The number of likely N-dealkylation sites (tertiary alicyclic amines) is 1. The number of hydrogen-bond acceptors (Lipinski definition) is 3. The van der Waals surface area contributed by atoms with Crippen LogP contribution in [0.2, 0.25) is 5.02 Å². The molecule has 122 valence electrons. The molecule has 0 spiro atoms. The number of carbonyl (C=O) groups excluding carboxylic acids is 1. The maximum absolute atomic E-state index is 12.4. The number of thiophene rings is 1. The molecule has 1 aliphatic heterocycles. The third-order valence-electron chi connectivity index (χ3n) is 4.19. The van der Waals surface area contributed by atoms with Crippen LogP contribution in [-0.4, -0.2) is 26.1 Å². The first-order valence-electron chi connectivity index (χ1n) is 7.68. The van der Waals surface area contributed by atoms with Gasteiger partial charge in [0.1, 0.15) is 11.8 Å². The van der Waals surface area contributed by atoms with Crippen LogP contribution in [0.3, 0.4) is 0 Å². The van der Waals surface area contributed by atoms with Gasteiger partial charge < -0.3 is 15.0 Å². The van der Waals surface area contributed by atoms with Gasteiger partial charge in [-0.2, -0.15) is 0 Å². The van der Waals surface area contributed by atoms with Crippen molar-refractivity contribution in [2.45, 2.75) is 18.9 Å². The average molecular weight is 352 g/mol. The maximum atomic E-state index is 12.4. The smallest absolute Gasteiger partial charge is 0.279 e. The average Bonchev–Trinajstić information content (AvgIpc) is 3.18. The van der Waals surface area contributed by atoms with Gasteiger partial charge in [0.25, 0.3) is 5.91 Å². The van der Waals surface area contributed by atoms with Crippen molar-refractivity contribution < 1.29 is 14.4 Å². The molecular formula is C17H20ClN2O2S+. The van der Waals surface area contributed by atoms with Crippen molar-refractivity contribution in [1.29, 1.82) is 0 Å². The van der Waals surface area contributed by atoms with Gasteiger partial charge in [0.05, 0.1) is 24.2 Å². The van der Waals surface area contributed by atoms with E-state index in [1.54, 1.807) is 36.6 Å². The lowest BCUT2D eigenvalue weighted by molar-refractivity contribution is -0.910. The Balaban J connectivity index is 1.66. The number of carbonyl (C=O) groups is 1. The van der Waals surface area contributed by atoms with Crippen LogP contribution in [-0.2, 0) is 4.79 Å². The van der Waals surface area contributed by atoms with Gasteiger partial charge in [0.15, 0.2) is 6.54 Å². The molecule has 23 heavy (non-hydrogen) atoms. The lowest BCUT2D eigenvalue weighted by Crippen LogP contribution is -3.11. The van der Waals surface area contributed by atoms with Crippen LogP contribution in [0.15, 0.2) is 35.7 Å². The van der Waals surface area contributed by atoms with Crippen molar-refractivity contribution in [2.75, 3.05) is 25.5 Å². The first kappa shape index (κ1) is 16.3. The fourth-order valence-electron chi connectivity index (χ4n) is 3.13. The Kier molecular flexibility index (Phi) is 5.20. The van der Waals surface area contributed by atoms with Crippen LogP contribution >= 0.6 is 22.9 Å². The molecule has 2 aromatic rings. The molecule has 2 atom stereocenters. The highest BCUT2D eigenvalue weighted by molar-refractivity contribution is 7.10. The second kappa shape index (κ2) is 7.34. The molecule has 1 aromatic carbocycles. The van der Waals surface area contributed by atoms with E-state index in [-0.39, 0.29) is 5.91 Å². The monoisotopic (exact) mass is 351 g/mol. The van der Waals surface area contributed by atoms with Crippen LogP contribution < -0.4 is 15.0 Å². The van der Waals surface area contributed by atoms with Crippen molar-refractivity contribution in [2.24, 2.45) is 0 Å². The van der Waals surface area contributed by atoms with Crippen molar-refractivity contribution in [3.05, 3.63) is 45.6 Å². The highest BCUT2D eigenvalue weighted by Gasteiger charge is 2.32. The zero-order valence-corrected chi connectivity index (χ0v) is 14.5. The summed E-state index contributed by atoms with van der Waals surface area (Å²) in [7, 11) is 1.58. The van der Waals surface area contributed by atoms with Crippen LogP contribution in [0.4, 0.5) is 5.69 Å². The molecule has 2 N–H and O–H groups in total. The molecule has 4 nitrogen and oxygen atoms in total. The van der Waals surface area contributed by atoms with Gasteiger partial charge in [-0.1, -0.05) is 17.7 Å². The predicted octanol–water partition coefficient (Wildman–Crippen LogP) is 2.77. The van der Waals surface area contributed by atoms with Crippen molar-refractivity contribution in [3.63, 3.8) is 0 Å². The maximum Gasteiger partial charge on any atom is 0.279 e. The summed E-state index contributed by atoms with van der Waals surface area (Å²) in [6.07, 6.45) is 2.30. The van der Waals surface area contributed by atoms with Crippen LogP contribution in [0.25, 0.3) is 0 Å². The number of benzene rings is 1. The predicted molar refractivity (Wildman–Crippen MR) is 93.6 cm³/mol. The minimum atomic E-state index is -0.0102. The standard InChI is InChI=1S/C17H19ClN2O2S/c1-22-15-7-6-12(18)10-13(15)19-17(21)11-20-8-2-4-14(20)16-5-3-9-23-16/h3,5-7,9-10,14H,2,4,8,11H2,1H3,(H,19,21)/p+1/t14-/m0/s1. The van der Waals surface area contributed by atoms with Gasteiger partial charge in [-0.25, -0.2) is 0 Å². The zero-order valence-electron chi connectivity index (χ0n) is 13.0. The topological polar surface area (TPSA) is 42.8 Å². The fraction of sp³-hybridized carbons (Fsp3) is 0.353. The van der Waals surface area contributed by atoms with E-state index < -0.39 is 0 Å². The second-order valence-corrected chi connectivity index (χ2v) is 7.10. The second-order valence-electron chi connectivity index (χ2n) is 5.69. The van der Waals surface area contributed by atoms with Crippen molar-refractivity contribution in [3.8, 4) is 5.75 Å². The molecule has 1 amide bonds. The molecule has 0 saturated carbocycles. The molecule has 1 aliphatic rings. The summed E-state index contributed by atoms with van der Waals surface area (Å²) in [4.78, 5) is 15.1. The number of methoxy groups -OCH3 is 1. The van der Waals surface area contributed by atoms with Crippen molar-refractivity contribution >= 4 is 34.5 Å². The van der Waals surface area contributed by atoms with E-state index in [0.717, 1.165) is 19.4 Å². The van der Waals surface area contributed by atoms with E-state index in [1.165, 1.54) is 9.78 Å². The third kappa shape index (κ3) is 3.86. The largest absolute Gasteiger partial charge is 0.495 e. The van der Waals surface area contributed by atoms with Gasteiger partial charge in [0, 0.05) is 17.9 Å². The third-order valence-corrected chi connectivity index (χ3v) is 5.41. The Morgan fingerprint density at radius 3 is 3.09 bits per heavy atom. The summed E-state index contributed by atoms with van der Waals surface area (Å²) in [5.74, 6) is 0.609. The van der Waals surface area contributed by atoms with Gasteiger partial charge in [0.2, 0.25) is 0 Å². The summed E-state index contributed by atoms with van der Waals surface area (Å²) < 4.78 is 5.27. The quantitative estimate of drug-likeness (QED) is 0.869. The number of quaternary nitrogens is 1. The molecule has 1 fully saturated rings. The minimum Gasteiger partial charge on any atom is -0.495 e. The van der Waals surface area contributed by atoms with Crippen LogP contribution in [0, 0.1) is 0 Å². The molecular weight excluding hydrogens is 332 g/mol. The number of ether oxygens (including phenoxy) is 1. The number of rotatable bonds is 5. The van der Waals surface area contributed by atoms with Gasteiger partial charge in [-0.05, 0) is 29.6 Å². The fourth-order valence-corrected chi connectivity index (χ4v) is 4.23. The Hall–Kier alpha value is -1.56. The summed E-state index contributed by atoms with van der Waals surface area (Å²) >= 11 is 7.78. The Morgan fingerprint density at radius 2 is 2.35 bits per heavy atom. The summed E-state index contributed by atoms with van der Waals surface area (Å²) in [6, 6.07) is 9.89. The lowest BCUT2D eigenvalue weighted by atomic mass is 10.2. The SMILES string of the molecule is COc1ccc(Cl)cc1NC(=O)C[NH+]1CCC[C@H]1c1cccs1. The van der Waals surface area contributed by atoms with E-state index in [1.807, 2.05) is 0 Å². The van der Waals surface area contributed by atoms with E-state index in [0.29, 0.717) is 29.0 Å². The van der Waals surface area contributed by atoms with Crippen molar-refractivity contribution in [1.82, 2.24) is 0 Å². The molecule has 1 aromatic heterocycles. The summed E-state index contributed by atoms with van der Waals surface area (Å²) in [6.45, 7) is 1.49. The molecule has 1 saturated heterocycles. The molecule has 1 unspecified atom stereocenters. The Labute approximate surface area is 145 Å². The molecule has 0 aliphatic carbocycles. The van der Waals surface area contributed by atoms with Crippen LogP contribution in [0.1, 0.15) is 23.8 Å². The highest BCUT2D eigenvalue weighted by Crippen LogP contribution is 2.27. The zero-order chi connectivity index (χ0) is 16.2. The lowest BCUT2D eigenvalue weighted by Gasteiger charge is -2.20. The highest BCUT2D eigenvalue weighted by atomic mass is 35.5. The van der Waals surface area contributed by atoms with Crippen LogP contribution in [0.5, 0.6) is 5.75 Å². The van der Waals surface area contributed by atoms with E-state index >= 15 is 0 Å². The molecule has 0 radical (unpaired) electrons. The molecule has 3 rings (SSSR count). The number of halogens is 1. The number of hydrogen-bond donors (Lipinski definition) is 2.